The van der Waals surface area contributed by atoms with Crippen LogP contribution in [0.3, 0.4) is 0 Å². The summed E-state index contributed by atoms with van der Waals surface area (Å²) in [6.45, 7) is 3.03. The van der Waals surface area contributed by atoms with Gasteiger partial charge in [0.25, 0.3) is 0 Å². The van der Waals surface area contributed by atoms with Gasteiger partial charge < -0.3 is 15.5 Å². The molecule has 0 saturated heterocycles. The Labute approximate surface area is 179 Å². The molecule has 6 nitrogen and oxygen atoms in total. The molecule has 0 atom stereocenters. The van der Waals surface area contributed by atoms with Gasteiger partial charge in [-0.3, -0.25) is 4.79 Å². The number of hydrogen-bond acceptors (Lipinski definition) is 4. The third-order valence-corrected chi connectivity index (χ3v) is 5.69. The predicted molar refractivity (Wildman–Crippen MR) is 121 cm³/mol. The molecule has 0 bridgehead atoms. The molecule has 0 spiro atoms. The van der Waals surface area contributed by atoms with Crippen LogP contribution in [0.4, 0.5) is 0 Å². The number of nitrogens with two attached hydrogens (primary N) is 1. The first-order valence-electron chi connectivity index (χ1n) is 12.2. The number of nitrogens with one attached hydrogen (secondary N) is 1. The third kappa shape index (κ3) is 19.0. The second-order valence-corrected chi connectivity index (χ2v) is 8.57. The molecule has 0 saturated carbocycles. The summed E-state index contributed by atoms with van der Waals surface area (Å²) < 4.78 is -0.0302. The van der Waals surface area contributed by atoms with Crippen LogP contribution in [0, 0.1) is 0 Å². The fourth-order valence-electron chi connectivity index (χ4n) is 3.66. The lowest BCUT2D eigenvalue weighted by molar-refractivity contribution is -0.942. The van der Waals surface area contributed by atoms with Crippen molar-refractivity contribution in [3.05, 3.63) is 0 Å². The van der Waals surface area contributed by atoms with Crippen molar-refractivity contribution in [3.8, 4) is 0 Å². The molecule has 0 unspecified atom stereocenters. The topological polar surface area (TPSA) is 95.6 Å². The Morgan fingerprint density at radius 3 is 1.48 bits per heavy atom. The minimum absolute atomic E-state index is 0.00326. The lowest BCUT2D eigenvalue weighted by atomic mass is 10.0. The molecule has 0 fully saturated rings. The van der Waals surface area contributed by atoms with Crippen LogP contribution in [-0.2, 0) is 4.79 Å². The summed E-state index contributed by atoms with van der Waals surface area (Å²) in [6.07, 6.45) is 20.2. The van der Waals surface area contributed by atoms with Crippen LogP contribution >= 0.6 is 0 Å². The van der Waals surface area contributed by atoms with E-state index >= 15 is 0 Å². The standard InChI is InChI=1S/C23H49N3O3/c1-2-3-4-5-6-7-8-9-10-11-12-13-14-15-16-17-23(29)25-22-26(24,18-20-27)19-21-28/h27-28H,2-22,24H2,1H3/p+1. The molecule has 0 aliphatic heterocycles. The zero-order valence-corrected chi connectivity index (χ0v) is 19.2. The van der Waals surface area contributed by atoms with Gasteiger partial charge in [0.2, 0.25) is 5.91 Å². The van der Waals surface area contributed by atoms with Crippen LogP contribution in [0.25, 0.3) is 0 Å². The molecular formula is C23H50N3O3+. The Kier molecular flexibility index (Phi) is 20.1. The number of unbranched alkanes of at least 4 members (excludes halogenated alkanes) is 14. The zero-order chi connectivity index (χ0) is 21.6. The van der Waals surface area contributed by atoms with Crippen molar-refractivity contribution < 1.29 is 19.6 Å². The molecule has 0 rings (SSSR count). The fraction of sp³-hybridized carbons (Fsp3) is 0.957. The molecule has 6 heteroatoms. The molecule has 5 N–H and O–H groups in total. The van der Waals surface area contributed by atoms with Crippen molar-refractivity contribution in [1.29, 1.82) is 0 Å². The summed E-state index contributed by atoms with van der Waals surface area (Å²) >= 11 is 0. The van der Waals surface area contributed by atoms with Crippen molar-refractivity contribution in [1.82, 2.24) is 5.32 Å². The summed E-state index contributed by atoms with van der Waals surface area (Å²) in [5.41, 5.74) is 0. The van der Waals surface area contributed by atoms with Crippen LogP contribution in [0.15, 0.2) is 0 Å². The van der Waals surface area contributed by atoms with E-state index < -0.39 is 0 Å². The molecule has 0 heterocycles. The SMILES string of the molecule is CCCCCCCCCCCCCCCCCC(=O)NC[N+](N)(CCO)CCO. The predicted octanol–water partition coefficient (Wildman–Crippen LogP) is 4.00. The third-order valence-electron chi connectivity index (χ3n) is 5.69. The number of hydrogen-bond donors (Lipinski definition) is 4. The highest BCUT2D eigenvalue weighted by atomic mass is 16.3. The number of amides is 1. The average molecular weight is 417 g/mol. The Bertz CT molecular complexity index is 361. The van der Waals surface area contributed by atoms with Gasteiger partial charge in [0, 0.05) is 6.42 Å². The summed E-state index contributed by atoms with van der Waals surface area (Å²) in [5, 5.41) is 20.9. The number of aliphatic hydroxyl groups is 2. The number of carbonyl (C=O) groups is 1. The monoisotopic (exact) mass is 416 g/mol. The maximum Gasteiger partial charge on any atom is 0.224 e. The van der Waals surface area contributed by atoms with Crippen molar-refractivity contribution in [2.75, 3.05) is 33.0 Å². The van der Waals surface area contributed by atoms with E-state index in [1.54, 1.807) is 0 Å². The van der Waals surface area contributed by atoms with Crippen LogP contribution < -0.4 is 11.2 Å². The quantitative estimate of drug-likeness (QED) is 0.0705. The van der Waals surface area contributed by atoms with Gasteiger partial charge >= 0.3 is 0 Å². The van der Waals surface area contributed by atoms with Gasteiger partial charge in [0.05, 0.1) is 13.2 Å². The minimum Gasteiger partial charge on any atom is -0.390 e. The van der Waals surface area contributed by atoms with Crippen LogP contribution in [0.2, 0.25) is 0 Å². The van der Waals surface area contributed by atoms with E-state index in [9.17, 15) is 4.79 Å². The van der Waals surface area contributed by atoms with E-state index in [2.05, 4.69) is 12.2 Å². The van der Waals surface area contributed by atoms with Gasteiger partial charge in [-0.05, 0) is 6.42 Å². The highest BCUT2D eigenvalue weighted by molar-refractivity contribution is 5.75. The largest absolute Gasteiger partial charge is 0.390 e. The Balaban J connectivity index is 3.40. The first kappa shape index (κ1) is 28.3. The van der Waals surface area contributed by atoms with E-state index in [0.717, 1.165) is 12.8 Å². The highest BCUT2D eigenvalue weighted by Gasteiger charge is 2.22. The molecule has 0 aliphatic carbocycles. The molecule has 0 radical (unpaired) electrons. The molecule has 0 aromatic heterocycles. The van der Waals surface area contributed by atoms with Crippen molar-refractivity contribution >= 4 is 5.91 Å². The Morgan fingerprint density at radius 2 is 1.10 bits per heavy atom. The maximum absolute atomic E-state index is 11.9. The number of carbonyl (C=O) groups excluding carboxylic acids is 1. The van der Waals surface area contributed by atoms with Crippen molar-refractivity contribution in [3.63, 3.8) is 0 Å². The maximum atomic E-state index is 11.9. The Hall–Kier alpha value is -0.690. The lowest BCUT2D eigenvalue weighted by Crippen LogP contribution is -2.62. The average Bonchev–Trinajstić information content (AvgIpc) is 2.70. The second kappa shape index (κ2) is 20.6. The molecule has 0 aromatic carbocycles. The van der Waals surface area contributed by atoms with Crippen LogP contribution in [0.1, 0.15) is 110 Å². The number of nitrogens with zero attached hydrogens (tertiary/aromatic N) is 1. The summed E-state index contributed by atoms with van der Waals surface area (Å²) in [7, 11) is 0. The van der Waals surface area contributed by atoms with Gasteiger partial charge in [-0.2, -0.15) is 5.84 Å². The van der Waals surface area contributed by atoms with Gasteiger partial charge in [-0.25, -0.2) is 4.59 Å². The first-order chi connectivity index (χ1) is 14.1. The molecular weight excluding hydrogens is 366 g/mol. The number of quaternary nitrogens is 1. The fourth-order valence-corrected chi connectivity index (χ4v) is 3.66. The van der Waals surface area contributed by atoms with Crippen LogP contribution in [-0.4, -0.2) is 53.7 Å². The minimum atomic E-state index is -0.0641. The smallest absolute Gasteiger partial charge is 0.224 e. The van der Waals surface area contributed by atoms with Gasteiger partial charge in [0.1, 0.15) is 13.1 Å². The van der Waals surface area contributed by atoms with E-state index in [0.29, 0.717) is 19.5 Å². The number of aliphatic hydroxyl groups excluding tert-OH is 2. The van der Waals surface area contributed by atoms with E-state index in [-0.39, 0.29) is 30.4 Å². The van der Waals surface area contributed by atoms with E-state index in [1.165, 1.54) is 83.5 Å². The van der Waals surface area contributed by atoms with Gasteiger partial charge in [-0.1, -0.05) is 96.8 Å². The summed E-state index contributed by atoms with van der Waals surface area (Å²) in [6, 6.07) is 0. The van der Waals surface area contributed by atoms with E-state index in [4.69, 9.17) is 16.1 Å². The van der Waals surface area contributed by atoms with Gasteiger partial charge in [-0.15, -0.1) is 0 Å². The molecule has 29 heavy (non-hydrogen) atoms. The molecule has 1 amide bonds. The summed E-state index contributed by atoms with van der Waals surface area (Å²) in [4.78, 5) is 11.9. The number of rotatable bonds is 22. The zero-order valence-electron chi connectivity index (χ0n) is 19.2. The van der Waals surface area contributed by atoms with Crippen molar-refractivity contribution in [2.45, 2.75) is 110 Å². The summed E-state index contributed by atoms with van der Waals surface area (Å²) in [5.74, 6) is 6.06. The first-order valence-corrected chi connectivity index (χ1v) is 12.2. The lowest BCUT2D eigenvalue weighted by Gasteiger charge is -2.31. The molecule has 174 valence electrons. The second-order valence-electron chi connectivity index (χ2n) is 8.57. The van der Waals surface area contributed by atoms with Gasteiger partial charge in [0.15, 0.2) is 6.67 Å². The normalized spacial score (nSPS) is 11.7. The van der Waals surface area contributed by atoms with Crippen LogP contribution in [0.5, 0.6) is 0 Å². The molecule has 0 aliphatic rings. The highest BCUT2D eigenvalue weighted by Crippen LogP contribution is 2.13. The van der Waals surface area contributed by atoms with Crippen molar-refractivity contribution in [2.24, 2.45) is 5.84 Å². The van der Waals surface area contributed by atoms with E-state index in [1.807, 2.05) is 0 Å². The molecule has 0 aromatic rings. The Morgan fingerprint density at radius 1 is 0.724 bits per heavy atom.